The van der Waals surface area contributed by atoms with Gasteiger partial charge in [0.2, 0.25) is 11.8 Å². The summed E-state index contributed by atoms with van der Waals surface area (Å²) in [5, 5.41) is 5.76. The van der Waals surface area contributed by atoms with Gasteiger partial charge in [-0.05, 0) is 45.5 Å². The molecule has 1 aromatic carbocycles. The summed E-state index contributed by atoms with van der Waals surface area (Å²) < 4.78 is 5.69. The van der Waals surface area contributed by atoms with Crippen molar-refractivity contribution in [2.75, 3.05) is 26.7 Å². The zero-order valence-electron chi connectivity index (χ0n) is 20.4. The van der Waals surface area contributed by atoms with Crippen molar-refractivity contribution in [1.82, 2.24) is 20.4 Å². The molecule has 0 aliphatic carbocycles. The lowest BCUT2D eigenvalue weighted by atomic mass is 9.95. The number of fused-ring (bicyclic) bond motifs is 2. The minimum atomic E-state index is -0.775. The molecule has 0 bridgehead atoms. The topological polar surface area (TPSA) is 95.3 Å². The van der Waals surface area contributed by atoms with Crippen LogP contribution < -0.4 is 15.4 Å². The van der Waals surface area contributed by atoms with E-state index in [-0.39, 0.29) is 29.7 Å². The van der Waals surface area contributed by atoms with Crippen LogP contribution in [0, 0.1) is 6.07 Å². The lowest BCUT2D eigenvalue weighted by Crippen LogP contribution is -2.60. The summed E-state index contributed by atoms with van der Waals surface area (Å²) in [6, 6.07) is 8.79. The van der Waals surface area contributed by atoms with E-state index in [0.717, 1.165) is 24.2 Å². The molecule has 9 nitrogen and oxygen atoms in total. The molecular formula is C26H34N5O4+. The third-order valence-electron chi connectivity index (χ3n) is 7.20. The molecule has 0 saturated carbocycles. The van der Waals surface area contributed by atoms with Crippen LogP contribution in [0.1, 0.15) is 44.1 Å². The van der Waals surface area contributed by atoms with Gasteiger partial charge >= 0.3 is 5.91 Å². The zero-order chi connectivity index (χ0) is 24.9. The highest BCUT2D eigenvalue weighted by molar-refractivity contribution is 5.97. The highest BCUT2D eigenvalue weighted by atomic mass is 16.5. The van der Waals surface area contributed by atoms with Gasteiger partial charge in [0, 0.05) is 36.0 Å². The van der Waals surface area contributed by atoms with E-state index in [0.29, 0.717) is 32.5 Å². The molecule has 9 heteroatoms. The number of likely N-dealkylation sites (N-methyl/N-ethyl adjacent to an activating group) is 1. The SMILES string of the molecule is C=CN1CC[C@H]2CC[C@@H](C(=O)[N+]#CC3CCOc4ccccc43)N2C(=O)[C@@H](NC(=O)[C@H](C)NC)C1. The molecule has 0 aromatic heterocycles. The van der Waals surface area contributed by atoms with Crippen LogP contribution in [0.4, 0.5) is 0 Å². The molecule has 1 aromatic rings. The van der Waals surface area contributed by atoms with Crippen LogP contribution in [0.5, 0.6) is 5.75 Å². The fourth-order valence-electron chi connectivity index (χ4n) is 5.03. The molecule has 186 valence electrons. The van der Waals surface area contributed by atoms with Gasteiger partial charge in [-0.2, -0.15) is 4.79 Å². The van der Waals surface area contributed by atoms with Gasteiger partial charge in [-0.15, -0.1) is 0 Å². The molecule has 35 heavy (non-hydrogen) atoms. The summed E-state index contributed by atoms with van der Waals surface area (Å²) in [7, 11) is 1.69. The molecule has 2 N–H and O–H groups in total. The molecule has 2 saturated heterocycles. The number of ether oxygens (including phenoxy) is 1. The van der Waals surface area contributed by atoms with Gasteiger partial charge in [-0.25, -0.2) is 0 Å². The summed E-state index contributed by atoms with van der Waals surface area (Å²) >= 11 is 0. The number of nitrogens with zero attached hydrogens (tertiary/aromatic N) is 3. The first kappa shape index (κ1) is 24.7. The lowest BCUT2D eigenvalue weighted by Gasteiger charge is -2.37. The van der Waals surface area contributed by atoms with Gasteiger partial charge in [0.05, 0.1) is 12.6 Å². The Kier molecular flexibility index (Phi) is 7.71. The Morgan fingerprint density at radius 2 is 2.06 bits per heavy atom. The number of para-hydroxylation sites is 1. The molecule has 5 atom stereocenters. The first-order valence-corrected chi connectivity index (χ1v) is 12.3. The van der Waals surface area contributed by atoms with Gasteiger partial charge in [0.25, 0.3) is 6.07 Å². The van der Waals surface area contributed by atoms with Gasteiger partial charge in [-0.1, -0.05) is 24.8 Å². The molecular weight excluding hydrogens is 446 g/mol. The Morgan fingerprint density at radius 1 is 1.26 bits per heavy atom. The Bertz CT molecular complexity index is 1050. The maximum Gasteiger partial charge on any atom is 0.537 e. The molecule has 3 aliphatic heterocycles. The van der Waals surface area contributed by atoms with E-state index in [2.05, 4.69) is 28.1 Å². The van der Waals surface area contributed by atoms with Crippen LogP contribution in [-0.2, 0) is 14.4 Å². The third-order valence-corrected chi connectivity index (χ3v) is 7.20. The number of carbonyl (C=O) groups is 3. The van der Waals surface area contributed by atoms with Crippen LogP contribution in [-0.4, -0.2) is 78.4 Å². The Labute approximate surface area is 206 Å². The molecule has 3 aliphatic rings. The quantitative estimate of drug-likeness (QED) is 0.666. The largest absolute Gasteiger partial charge is 0.537 e. The molecule has 4 rings (SSSR count). The molecule has 2 fully saturated rings. The average molecular weight is 481 g/mol. The molecule has 1 unspecified atom stereocenters. The number of carbonyl (C=O) groups excluding carboxylic acids is 3. The van der Waals surface area contributed by atoms with Crippen molar-refractivity contribution in [3.05, 3.63) is 47.5 Å². The first-order chi connectivity index (χ1) is 16.9. The second-order valence-electron chi connectivity index (χ2n) is 9.34. The summed E-state index contributed by atoms with van der Waals surface area (Å²) in [5.74, 6) is -0.209. The number of amides is 3. The van der Waals surface area contributed by atoms with Crippen molar-refractivity contribution in [1.29, 1.82) is 0 Å². The normalized spacial score (nSPS) is 26.6. The van der Waals surface area contributed by atoms with Crippen molar-refractivity contribution in [2.24, 2.45) is 0 Å². The predicted molar refractivity (Wildman–Crippen MR) is 132 cm³/mol. The number of rotatable bonds is 5. The second kappa shape index (κ2) is 10.9. The average Bonchev–Trinajstić information content (AvgIpc) is 3.30. The van der Waals surface area contributed by atoms with Crippen LogP contribution in [0.25, 0.3) is 4.85 Å². The number of nitrogens with one attached hydrogen (secondary N) is 2. The van der Waals surface area contributed by atoms with Crippen LogP contribution in [0.2, 0.25) is 0 Å². The maximum absolute atomic E-state index is 13.7. The van der Waals surface area contributed by atoms with E-state index in [4.69, 9.17) is 4.74 Å². The predicted octanol–water partition coefficient (Wildman–Crippen LogP) is 1.71. The smallest absolute Gasteiger partial charge is 0.493 e. The van der Waals surface area contributed by atoms with Crippen molar-refractivity contribution in [3.8, 4) is 11.8 Å². The second-order valence-corrected chi connectivity index (χ2v) is 9.34. The zero-order valence-corrected chi connectivity index (χ0v) is 20.4. The van der Waals surface area contributed by atoms with Gasteiger partial charge in [0.1, 0.15) is 17.7 Å². The monoisotopic (exact) mass is 480 g/mol. The molecule has 3 heterocycles. The van der Waals surface area contributed by atoms with Gasteiger partial charge < -0.3 is 25.2 Å². The van der Waals surface area contributed by atoms with Gasteiger partial charge in [0.15, 0.2) is 6.04 Å². The molecule has 3 amide bonds. The third kappa shape index (κ3) is 5.33. The Hall–Kier alpha value is -3.38. The maximum atomic E-state index is 13.7. The van der Waals surface area contributed by atoms with Gasteiger partial charge in [-0.3, -0.25) is 9.59 Å². The fraction of sp³-hybridized carbons (Fsp3) is 0.538. The minimum absolute atomic E-state index is 0.0840. The first-order valence-electron chi connectivity index (χ1n) is 12.3. The summed E-state index contributed by atoms with van der Waals surface area (Å²) in [5.41, 5.74) is 0.966. The van der Waals surface area contributed by atoms with Crippen molar-refractivity contribution >= 4 is 17.7 Å². The molecule has 0 radical (unpaired) electrons. The van der Waals surface area contributed by atoms with Crippen molar-refractivity contribution < 1.29 is 19.1 Å². The minimum Gasteiger partial charge on any atom is -0.493 e. The number of hydrogen-bond donors (Lipinski definition) is 2. The molecule has 0 spiro atoms. The van der Waals surface area contributed by atoms with E-state index in [1.807, 2.05) is 29.2 Å². The summed E-state index contributed by atoms with van der Waals surface area (Å²) in [6.45, 7) is 7.13. The lowest BCUT2D eigenvalue weighted by molar-refractivity contribution is -0.143. The van der Waals surface area contributed by atoms with Crippen LogP contribution in [0.15, 0.2) is 37.0 Å². The fourth-order valence-corrected chi connectivity index (χ4v) is 5.03. The van der Waals surface area contributed by atoms with E-state index in [1.54, 1.807) is 25.1 Å². The standard InChI is InChI=1S/C26H33N5O4/c1-4-30-13-11-19-9-10-22(31(19)26(34)21(16-30)29-24(32)17(2)27-3)25(33)28-15-18-12-14-35-23-8-6-5-7-20(18)23/h4-8,17-19,21-22,27H,1,9-14,16H2,2-3H3/p+1/t17-,18?,19+,21-,22-/m0/s1. The highest BCUT2D eigenvalue weighted by Gasteiger charge is 2.48. The van der Waals surface area contributed by atoms with E-state index in [1.165, 1.54) is 0 Å². The van der Waals surface area contributed by atoms with Crippen LogP contribution in [0.3, 0.4) is 0 Å². The number of hydrogen-bond acceptors (Lipinski definition) is 6. The van der Waals surface area contributed by atoms with E-state index < -0.39 is 18.1 Å². The van der Waals surface area contributed by atoms with Crippen LogP contribution >= 0.6 is 0 Å². The Morgan fingerprint density at radius 3 is 2.83 bits per heavy atom. The van der Waals surface area contributed by atoms with E-state index in [9.17, 15) is 14.4 Å². The Balaban J connectivity index is 1.54. The van der Waals surface area contributed by atoms with E-state index >= 15 is 0 Å². The summed E-state index contributed by atoms with van der Waals surface area (Å²) in [6.07, 6.45) is 4.39. The van der Waals surface area contributed by atoms with Crippen molar-refractivity contribution in [2.45, 2.75) is 62.7 Å². The highest BCUT2D eigenvalue weighted by Crippen LogP contribution is 2.34. The number of benzene rings is 1. The summed E-state index contributed by atoms with van der Waals surface area (Å²) in [4.78, 5) is 47.3. The van der Waals surface area contributed by atoms with Crippen molar-refractivity contribution in [3.63, 3.8) is 0 Å².